The molecule has 1 aliphatic carbocycles. The number of benzene rings is 1. The minimum atomic E-state index is -0.312. The van der Waals surface area contributed by atoms with Gasteiger partial charge in [-0.2, -0.15) is 0 Å². The summed E-state index contributed by atoms with van der Waals surface area (Å²) in [5.41, 5.74) is 1.12. The number of carbonyl (C=O) groups is 1. The maximum atomic E-state index is 13.7. The minimum absolute atomic E-state index is 0.161. The van der Waals surface area contributed by atoms with Crippen LogP contribution >= 0.6 is 15.9 Å². The number of carbonyl (C=O) groups excluding carboxylic acids is 1. The van der Waals surface area contributed by atoms with Crippen LogP contribution in [0.5, 0.6) is 0 Å². The summed E-state index contributed by atoms with van der Waals surface area (Å²) in [6.45, 7) is 0.181. The van der Waals surface area contributed by atoms with Crippen LogP contribution in [-0.4, -0.2) is 10.5 Å². The zero-order chi connectivity index (χ0) is 14.8. The van der Waals surface area contributed by atoms with E-state index in [-0.39, 0.29) is 18.3 Å². The maximum Gasteiger partial charge on any atom is 0.268 e. The largest absolute Gasteiger partial charge is 0.347 e. The molecular formula is C16H16BrFN2O. The van der Waals surface area contributed by atoms with Gasteiger partial charge in [0, 0.05) is 28.8 Å². The van der Waals surface area contributed by atoms with Gasteiger partial charge in [0.05, 0.1) is 0 Å². The molecule has 0 atom stereocenters. The molecule has 1 amide bonds. The van der Waals surface area contributed by atoms with Gasteiger partial charge in [0.1, 0.15) is 11.5 Å². The fourth-order valence-corrected chi connectivity index (χ4v) is 2.92. The number of nitrogens with zero attached hydrogens (tertiary/aromatic N) is 1. The van der Waals surface area contributed by atoms with Crippen molar-refractivity contribution in [2.24, 2.45) is 0 Å². The summed E-state index contributed by atoms with van der Waals surface area (Å²) in [6.07, 6.45) is 5.40. The Balaban J connectivity index is 1.69. The van der Waals surface area contributed by atoms with E-state index in [1.54, 1.807) is 12.1 Å². The van der Waals surface area contributed by atoms with E-state index >= 15 is 0 Å². The fourth-order valence-electron chi connectivity index (χ4n) is 2.51. The lowest BCUT2D eigenvalue weighted by molar-refractivity contribution is 0.0935. The summed E-state index contributed by atoms with van der Waals surface area (Å²) < 4.78 is 16.5. The smallest absolute Gasteiger partial charge is 0.268 e. The van der Waals surface area contributed by atoms with Crippen molar-refractivity contribution in [1.29, 1.82) is 0 Å². The van der Waals surface area contributed by atoms with Crippen molar-refractivity contribution < 1.29 is 9.18 Å². The molecule has 21 heavy (non-hydrogen) atoms. The molecular weight excluding hydrogens is 335 g/mol. The van der Waals surface area contributed by atoms with E-state index in [1.807, 2.05) is 22.9 Å². The van der Waals surface area contributed by atoms with Crippen LogP contribution in [0.4, 0.5) is 4.39 Å². The topological polar surface area (TPSA) is 34.0 Å². The molecule has 0 radical (unpaired) electrons. The van der Waals surface area contributed by atoms with Crippen molar-refractivity contribution in [3.63, 3.8) is 0 Å². The molecule has 0 saturated heterocycles. The Labute approximate surface area is 131 Å². The zero-order valence-electron chi connectivity index (χ0n) is 11.5. The third-order valence-corrected chi connectivity index (χ3v) is 4.42. The molecule has 1 aromatic carbocycles. The lowest BCUT2D eigenvalue weighted by atomic mass is 9.93. The highest BCUT2D eigenvalue weighted by Gasteiger charge is 2.23. The number of amides is 1. The fraction of sp³-hybridized carbons (Fsp3) is 0.312. The first-order valence-corrected chi connectivity index (χ1v) is 7.83. The molecule has 0 unspecified atom stereocenters. The lowest BCUT2D eigenvalue weighted by Crippen LogP contribution is -2.28. The van der Waals surface area contributed by atoms with Gasteiger partial charge in [0.15, 0.2) is 0 Å². The second-order valence-corrected chi connectivity index (χ2v) is 6.22. The molecule has 0 bridgehead atoms. The molecule has 3 rings (SSSR count). The molecule has 110 valence electrons. The molecule has 3 nitrogen and oxygen atoms in total. The zero-order valence-corrected chi connectivity index (χ0v) is 13.1. The Morgan fingerprint density at radius 3 is 2.90 bits per heavy atom. The highest BCUT2D eigenvalue weighted by molar-refractivity contribution is 9.10. The van der Waals surface area contributed by atoms with Gasteiger partial charge >= 0.3 is 0 Å². The van der Waals surface area contributed by atoms with Crippen molar-refractivity contribution in [2.45, 2.75) is 31.8 Å². The molecule has 2 aromatic rings. The predicted octanol–water partition coefficient (Wildman–Crippen LogP) is 4.04. The average Bonchev–Trinajstić information content (AvgIpc) is 2.86. The molecule has 0 spiro atoms. The summed E-state index contributed by atoms with van der Waals surface area (Å²) in [7, 11) is 0. The van der Waals surface area contributed by atoms with E-state index in [2.05, 4.69) is 21.2 Å². The standard InChI is InChI=1S/C16H16BrFN2O/c17-12-6-7-14(18)11(9-12)10-19-16(21)15-5-2-8-20(15)13-3-1-4-13/h2,5-9,13H,1,3-4,10H2,(H,19,21). The summed E-state index contributed by atoms with van der Waals surface area (Å²) in [5.74, 6) is -0.473. The van der Waals surface area contributed by atoms with Crippen molar-refractivity contribution >= 4 is 21.8 Å². The van der Waals surface area contributed by atoms with Crippen molar-refractivity contribution in [2.75, 3.05) is 0 Å². The Morgan fingerprint density at radius 2 is 2.19 bits per heavy atom. The Morgan fingerprint density at radius 1 is 1.38 bits per heavy atom. The van der Waals surface area contributed by atoms with Gasteiger partial charge in [0.2, 0.25) is 0 Å². The van der Waals surface area contributed by atoms with Gasteiger partial charge < -0.3 is 9.88 Å². The number of rotatable bonds is 4. The van der Waals surface area contributed by atoms with E-state index in [0.29, 0.717) is 17.3 Å². The molecule has 1 aliphatic rings. The van der Waals surface area contributed by atoms with E-state index in [0.717, 1.165) is 17.3 Å². The Kier molecular flexibility index (Phi) is 4.10. The maximum absolute atomic E-state index is 13.7. The lowest BCUT2D eigenvalue weighted by Gasteiger charge is -2.28. The van der Waals surface area contributed by atoms with E-state index < -0.39 is 0 Å². The average molecular weight is 351 g/mol. The summed E-state index contributed by atoms with van der Waals surface area (Å²) in [6, 6.07) is 8.84. The van der Waals surface area contributed by atoms with E-state index in [9.17, 15) is 9.18 Å². The van der Waals surface area contributed by atoms with Gasteiger partial charge in [-0.05, 0) is 49.6 Å². The third-order valence-electron chi connectivity index (χ3n) is 3.93. The number of nitrogens with one attached hydrogen (secondary N) is 1. The number of hydrogen-bond acceptors (Lipinski definition) is 1. The monoisotopic (exact) mass is 350 g/mol. The van der Waals surface area contributed by atoms with Crippen LogP contribution in [0, 0.1) is 5.82 Å². The van der Waals surface area contributed by atoms with Crippen LogP contribution in [0.2, 0.25) is 0 Å². The van der Waals surface area contributed by atoms with Crippen LogP contribution in [-0.2, 0) is 6.54 Å². The van der Waals surface area contributed by atoms with Crippen LogP contribution in [0.25, 0.3) is 0 Å². The van der Waals surface area contributed by atoms with Crippen LogP contribution < -0.4 is 5.32 Å². The quantitative estimate of drug-likeness (QED) is 0.886. The summed E-state index contributed by atoms with van der Waals surface area (Å²) in [5, 5.41) is 2.79. The minimum Gasteiger partial charge on any atom is -0.347 e. The van der Waals surface area contributed by atoms with Gasteiger partial charge in [-0.1, -0.05) is 15.9 Å². The first-order chi connectivity index (χ1) is 10.1. The molecule has 1 fully saturated rings. The highest BCUT2D eigenvalue weighted by atomic mass is 79.9. The van der Waals surface area contributed by atoms with Crippen molar-refractivity contribution in [3.05, 3.63) is 58.1 Å². The first kappa shape index (κ1) is 14.3. The van der Waals surface area contributed by atoms with E-state index in [4.69, 9.17) is 0 Å². The predicted molar refractivity (Wildman–Crippen MR) is 82.6 cm³/mol. The molecule has 5 heteroatoms. The SMILES string of the molecule is O=C(NCc1cc(Br)ccc1F)c1cccn1C1CCC1. The molecule has 1 aromatic heterocycles. The van der Waals surface area contributed by atoms with E-state index in [1.165, 1.54) is 12.5 Å². The van der Waals surface area contributed by atoms with Crippen LogP contribution in [0.1, 0.15) is 41.4 Å². The highest BCUT2D eigenvalue weighted by Crippen LogP contribution is 2.32. The number of aromatic nitrogens is 1. The van der Waals surface area contributed by atoms with Crippen molar-refractivity contribution in [3.8, 4) is 0 Å². The van der Waals surface area contributed by atoms with Gasteiger partial charge in [-0.3, -0.25) is 4.79 Å². The summed E-state index contributed by atoms with van der Waals surface area (Å²) in [4.78, 5) is 12.3. The normalized spacial score (nSPS) is 14.8. The Hall–Kier alpha value is -1.62. The molecule has 1 saturated carbocycles. The number of halogens is 2. The van der Waals surface area contributed by atoms with Gasteiger partial charge in [0.25, 0.3) is 5.91 Å². The van der Waals surface area contributed by atoms with Crippen LogP contribution in [0.3, 0.4) is 0 Å². The van der Waals surface area contributed by atoms with Crippen LogP contribution in [0.15, 0.2) is 41.0 Å². The molecule has 1 N–H and O–H groups in total. The molecule has 0 aliphatic heterocycles. The summed E-state index contributed by atoms with van der Waals surface area (Å²) >= 11 is 3.31. The third kappa shape index (κ3) is 3.02. The van der Waals surface area contributed by atoms with Crippen molar-refractivity contribution in [1.82, 2.24) is 9.88 Å². The Bertz CT molecular complexity index is 664. The molecule has 1 heterocycles. The first-order valence-electron chi connectivity index (χ1n) is 7.04. The van der Waals surface area contributed by atoms with Gasteiger partial charge in [-0.15, -0.1) is 0 Å². The second kappa shape index (κ2) is 6.02. The van der Waals surface area contributed by atoms with Gasteiger partial charge in [-0.25, -0.2) is 4.39 Å². The number of hydrogen-bond donors (Lipinski definition) is 1. The second-order valence-electron chi connectivity index (χ2n) is 5.30.